The normalized spacial score (nSPS) is 12.0. The lowest BCUT2D eigenvalue weighted by Gasteiger charge is -2.14. The Morgan fingerprint density at radius 2 is 2.04 bits per heavy atom. The standard InChI is InChI=1S/C17H15BrCl2N2O4/c1-9(26-14-4-3-11(19)7-13(14)20)17(24)22-21-8-10-5-12(18)16(23)15(6-10)25-2/h3-9,23H,1-2H3,(H,22,24)/b21-8-/t9-/m1/s1. The zero-order valence-corrected chi connectivity index (χ0v) is 16.9. The lowest BCUT2D eigenvalue weighted by molar-refractivity contribution is -0.127. The number of aromatic hydroxyl groups is 1. The summed E-state index contributed by atoms with van der Waals surface area (Å²) in [6.45, 7) is 1.57. The third kappa shape index (κ3) is 5.27. The molecule has 2 N–H and O–H groups in total. The number of nitrogens with zero attached hydrogens (tertiary/aromatic N) is 1. The Morgan fingerprint density at radius 1 is 1.31 bits per heavy atom. The summed E-state index contributed by atoms with van der Waals surface area (Å²) in [5, 5.41) is 14.4. The number of phenolic OH excluding ortho intramolecular Hbond substituents is 1. The van der Waals surface area contributed by atoms with E-state index in [1.54, 1.807) is 31.2 Å². The lowest BCUT2D eigenvalue weighted by atomic mass is 10.2. The van der Waals surface area contributed by atoms with Gasteiger partial charge in [0.2, 0.25) is 0 Å². The molecule has 0 radical (unpaired) electrons. The molecule has 1 amide bonds. The van der Waals surface area contributed by atoms with Gasteiger partial charge in [-0.3, -0.25) is 4.79 Å². The van der Waals surface area contributed by atoms with E-state index in [2.05, 4.69) is 26.5 Å². The molecule has 2 aromatic carbocycles. The van der Waals surface area contributed by atoms with E-state index < -0.39 is 12.0 Å². The van der Waals surface area contributed by atoms with E-state index >= 15 is 0 Å². The number of hydrogen-bond donors (Lipinski definition) is 2. The van der Waals surface area contributed by atoms with Gasteiger partial charge in [0.15, 0.2) is 17.6 Å². The van der Waals surface area contributed by atoms with Gasteiger partial charge in [-0.2, -0.15) is 5.10 Å². The molecule has 0 saturated heterocycles. The van der Waals surface area contributed by atoms with Crippen LogP contribution in [0.1, 0.15) is 12.5 Å². The van der Waals surface area contributed by atoms with Crippen molar-refractivity contribution in [1.82, 2.24) is 5.43 Å². The van der Waals surface area contributed by atoms with Gasteiger partial charge in [0, 0.05) is 5.02 Å². The monoisotopic (exact) mass is 460 g/mol. The van der Waals surface area contributed by atoms with Gasteiger partial charge in [0.1, 0.15) is 5.75 Å². The third-order valence-electron chi connectivity index (χ3n) is 3.23. The molecule has 0 unspecified atom stereocenters. The van der Waals surface area contributed by atoms with Crippen LogP contribution in [0.2, 0.25) is 10.0 Å². The SMILES string of the molecule is COc1cc(/C=N\NC(=O)[C@@H](C)Oc2ccc(Cl)cc2Cl)cc(Br)c1O. The van der Waals surface area contributed by atoms with E-state index in [-0.39, 0.29) is 11.5 Å². The summed E-state index contributed by atoms with van der Waals surface area (Å²) in [5.41, 5.74) is 2.98. The zero-order valence-electron chi connectivity index (χ0n) is 13.8. The molecule has 0 heterocycles. The van der Waals surface area contributed by atoms with Crippen molar-refractivity contribution in [2.75, 3.05) is 7.11 Å². The molecular weight excluding hydrogens is 447 g/mol. The number of carbonyl (C=O) groups is 1. The first kappa shape index (κ1) is 20.4. The number of halogens is 3. The smallest absolute Gasteiger partial charge is 0.280 e. The highest BCUT2D eigenvalue weighted by Gasteiger charge is 2.16. The van der Waals surface area contributed by atoms with Crippen LogP contribution in [-0.2, 0) is 4.79 Å². The lowest BCUT2D eigenvalue weighted by Crippen LogP contribution is -2.33. The topological polar surface area (TPSA) is 80.2 Å². The molecule has 0 aliphatic carbocycles. The van der Waals surface area contributed by atoms with Crippen molar-refractivity contribution >= 4 is 51.3 Å². The number of carbonyl (C=O) groups excluding carboxylic acids is 1. The van der Waals surface area contributed by atoms with Crippen LogP contribution in [0.25, 0.3) is 0 Å². The van der Waals surface area contributed by atoms with Crippen molar-refractivity contribution in [2.24, 2.45) is 5.10 Å². The van der Waals surface area contributed by atoms with Crippen LogP contribution in [0, 0.1) is 0 Å². The van der Waals surface area contributed by atoms with Crippen LogP contribution >= 0.6 is 39.1 Å². The van der Waals surface area contributed by atoms with E-state index in [0.29, 0.717) is 25.8 Å². The third-order valence-corrected chi connectivity index (χ3v) is 4.36. The first-order valence-electron chi connectivity index (χ1n) is 7.33. The number of ether oxygens (including phenoxy) is 2. The molecule has 1 atom stereocenters. The molecule has 9 heteroatoms. The predicted molar refractivity (Wildman–Crippen MR) is 105 cm³/mol. The van der Waals surface area contributed by atoms with Crippen molar-refractivity contribution in [2.45, 2.75) is 13.0 Å². The number of methoxy groups -OCH3 is 1. The van der Waals surface area contributed by atoms with Crippen molar-refractivity contribution in [3.05, 3.63) is 50.4 Å². The van der Waals surface area contributed by atoms with Gasteiger partial charge in [0.05, 0.1) is 22.8 Å². The zero-order chi connectivity index (χ0) is 19.3. The van der Waals surface area contributed by atoms with Gasteiger partial charge in [-0.1, -0.05) is 23.2 Å². The highest BCUT2D eigenvalue weighted by atomic mass is 79.9. The average molecular weight is 462 g/mol. The van der Waals surface area contributed by atoms with Crippen LogP contribution in [-0.4, -0.2) is 30.4 Å². The van der Waals surface area contributed by atoms with Gasteiger partial charge < -0.3 is 14.6 Å². The van der Waals surface area contributed by atoms with Crippen LogP contribution in [0.5, 0.6) is 17.2 Å². The number of benzene rings is 2. The number of nitrogens with one attached hydrogen (secondary N) is 1. The Balaban J connectivity index is 1.99. The molecule has 0 bridgehead atoms. The summed E-state index contributed by atoms with van der Waals surface area (Å²) in [5.74, 6) is 0.142. The summed E-state index contributed by atoms with van der Waals surface area (Å²) in [4.78, 5) is 12.1. The molecule has 2 aromatic rings. The maximum atomic E-state index is 12.1. The Morgan fingerprint density at radius 3 is 2.69 bits per heavy atom. The largest absolute Gasteiger partial charge is 0.503 e. The summed E-state index contributed by atoms with van der Waals surface area (Å²) in [6.07, 6.45) is 0.582. The molecular formula is C17H15BrCl2N2O4. The van der Waals surface area contributed by atoms with Crippen molar-refractivity contribution in [3.63, 3.8) is 0 Å². The van der Waals surface area contributed by atoms with Crippen LogP contribution in [0.3, 0.4) is 0 Å². The second-order valence-electron chi connectivity index (χ2n) is 5.12. The molecule has 26 heavy (non-hydrogen) atoms. The van der Waals surface area contributed by atoms with Crippen LogP contribution in [0.4, 0.5) is 0 Å². The number of phenols is 1. The van der Waals surface area contributed by atoms with E-state index in [1.807, 2.05) is 0 Å². The van der Waals surface area contributed by atoms with Crippen LogP contribution < -0.4 is 14.9 Å². The maximum Gasteiger partial charge on any atom is 0.280 e. The van der Waals surface area contributed by atoms with Crippen molar-refractivity contribution in [3.8, 4) is 17.2 Å². The molecule has 0 fully saturated rings. The van der Waals surface area contributed by atoms with E-state index in [9.17, 15) is 9.90 Å². The molecule has 0 aliphatic heterocycles. The minimum atomic E-state index is -0.827. The van der Waals surface area contributed by atoms with Gasteiger partial charge in [0.25, 0.3) is 5.91 Å². The Labute approximate surface area is 168 Å². The number of amides is 1. The Bertz CT molecular complexity index is 846. The molecule has 6 nitrogen and oxygen atoms in total. The summed E-state index contributed by atoms with van der Waals surface area (Å²) in [7, 11) is 1.44. The molecule has 2 rings (SSSR count). The minimum Gasteiger partial charge on any atom is -0.503 e. The minimum absolute atomic E-state index is 0.0180. The molecule has 0 aliphatic rings. The molecule has 138 valence electrons. The number of hydrazone groups is 1. The average Bonchev–Trinajstić information content (AvgIpc) is 2.60. The van der Waals surface area contributed by atoms with Crippen LogP contribution in [0.15, 0.2) is 39.9 Å². The predicted octanol–water partition coefficient (Wildman–Crippen LogP) is 4.39. The van der Waals surface area contributed by atoms with Gasteiger partial charge >= 0.3 is 0 Å². The highest BCUT2D eigenvalue weighted by molar-refractivity contribution is 9.10. The fraction of sp³-hybridized carbons (Fsp3) is 0.176. The van der Waals surface area contributed by atoms with E-state index in [0.717, 1.165) is 0 Å². The second kappa shape index (κ2) is 9.12. The fourth-order valence-corrected chi connectivity index (χ4v) is 2.81. The van der Waals surface area contributed by atoms with Gasteiger partial charge in [-0.25, -0.2) is 5.43 Å². The molecule has 0 spiro atoms. The van der Waals surface area contributed by atoms with E-state index in [4.69, 9.17) is 32.7 Å². The maximum absolute atomic E-state index is 12.1. The quantitative estimate of drug-likeness (QED) is 0.493. The van der Waals surface area contributed by atoms with Gasteiger partial charge in [-0.05, 0) is 58.7 Å². The summed E-state index contributed by atoms with van der Waals surface area (Å²) >= 11 is 15.0. The number of rotatable bonds is 6. The molecule has 0 saturated carbocycles. The van der Waals surface area contributed by atoms with Crippen molar-refractivity contribution in [1.29, 1.82) is 0 Å². The second-order valence-corrected chi connectivity index (χ2v) is 6.82. The Hall–Kier alpha value is -1.96. The van der Waals surface area contributed by atoms with Gasteiger partial charge in [-0.15, -0.1) is 0 Å². The number of hydrogen-bond acceptors (Lipinski definition) is 5. The summed E-state index contributed by atoms with van der Waals surface area (Å²) < 4.78 is 11.0. The fourth-order valence-electron chi connectivity index (χ4n) is 1.90. The van der Waals surface area contributed by atoms with Crippen molar-refractivity contribution < 1.29 is 19.4 Å². The molecule has 0 aromatic heterocycles. The van der Waals surface area contributed by atoms with E-state index in [1.165, 1.54) is 19.4 Å². The first-order chi connectivity index (χ1) is 12.3. The Kier molecular flexibility index (Phi) is 7.14. The first-order valence-corrected chi connectivity index (χ1v) is 8.88. The summed E-state index contributed by atoms with van der Waals surface area (Å²) in [6, 6.07) is 7.92. The highest BCUT2D eigenvalue weighted by Crippen LogP contribution is 2.34.